The van der Waals surface area contributed by atoms with Crippen molar-refractivity contribution in [3.8, 4) is 0 Å². The fourth-order valence-electron chi connectivity index (χ4n) is 3.58. The molecule has 0 bridgehead atoms. The number of likely N-dealkylation sites (tertiary alicyclic amines) is 1. The standard InChI is InChI=1S/C20H23N5O2/c1-2-17-12-18(27-23-17)20(26)24-9-5-16(6-10-24)19-22-8-11-25(19)14-15-4-3-7-21-13-15/h3-4,7-8,11-13,16H,2,5-6,9-10,14H2,1H3. The van der Waals surface area contributed by atoms with Gasteiger partial charge in [0.25, 0.3) is 5.91 Å². The van der Waals surface area contributed by atoms with Gasteiger partial charge in [0.15, 0.2) is 0 Å². The largest absolute Gasteiger partial charge is 0.351 e. The molecule has 1 aliphatic heterocycles. The average Bonchev–Trinajstić information content (AvgIpc) is 3.38. The highest BCUT2D eigenvalue weighted by molar-refractivity contribution is 5.91. The summed E-state index contributed by atoms with van der Waals surface area (Å²) < 4.78 is 7.38. The lowest BCUT2D eigenvalue weighted by Crippen LogP contribution is -2.38. The molecule has 4 heterocycles. The van der Waals surface area contributed by atoms with Crippen molar-refractivity contribution < 1.29 is 9.32 Å². The van der Waals surface area contributed by atoms with Crippen LogP contribution in [0.5, 0.6) is 0 Å². The zero-order valence-electron chi connectivity index (χ0n) is 15.4. The average molecular weight is 365 g/mol. The molecule has 1 saturated heterocycles. The van der Waals surface area contributed by atoms with Gasteiger partial charge in [-0.15, -0.1) is 0 Å². The number of aryl methyl sites for hydroxylation is 1. The van der Waals surface area contributed by atoms with E-state index in [1.54, 1.807) is 12.3 Å². The first kappa shape index (κ1) is 17.5. The van der Waals surface area contributed by atoms with Crippen LogP contribution in [0, 0.1) is 0 Å². The molecular weight excluding hydrogens is 342 g/mol. The van der Waals surface area contributed by atoms with Gasteiger partial charge in [0.2, 0.25) is 5.76 Å². The Hall–Kier alpha value is -2.96. The molecule has 1 amide bonds. The molecular formula is C20H23N5O2. The minimum absolute atomic E-state index is 0.0700. The van der Waals surface area contributed by atoms with Gasteiger partial charge in [0, 0.05) is 49.9 Å². The maximum Gasteiger partial charge on any atom is 0.292 e. The van der Waals surface area contributed by atoms with Gasteiger partial charge in [-0.3, -0.25) is 9.78 Å². The van der Waals surface area contributed by atoms with Crippen LogP contribution in [0.2, 0.25) is 0 Å². The highest BCUT2D eigenvalue weighted by atomic mass is 16.5. The van der Waals surface area contributed by atoms with Crippen LogP contribution in [-0.2, 0) is 13.0 Å². The van der Waals surface area contributed by atoms with Gasteiger partial charge in [-0.25, -0.2) is 4.98 Å². The highest BCUT2D eigenvalue weighted by Gasteiger charge is 2.28. The van der Waals surface area contributed by atoms with Crippen LogP contribution >= 0.6 is 0 Å². The third-order valence-electron chi connectivity index (χ3n) is 5.10. The predicted octanol–water partition coefficient (Wildman–Crippen LogP) is 2.90. The molecule has 7 nitrogen and oxygen atoms in total. The summed E-state index contributed by atoms with van der Waals surface area (Å²) in [5.41, 5.74) is 1.96. The third kappa shape index (κ3) is 3.77. The molecule has 0 unspecified atom stereocenters. The fraction of sp³-hybridized carbons (Fsp3) is 0.400. The quantitative estimate of drug-likeness (QED) is 0.695. The zero-order chi connectivity index (χ0) is 18.6. The lowest BCUT2D eigenvalue weighted by molar-refractivity contribution is 0.0668. The zero-order valence-corrected chi connectivity index (χ0v) is 15.4. The van der Waals surface area contributed by atoms with E-state index < -0.39 is 0 Å². The van der Waals surface area contributed by atoms with Crippen LogP contribution in [0.25, 0.3) is 0 Å². The van der Waals surface area contributed by atoms with Gasteiger partial charge in [-0.1, -0.05) is 18.1 Å². The van der Waals surface area contributed by atoms with E-state index >= 15 is 0 Å². The number of pyridine rings is 1. The topological polar surface area (TPSA) is 77.0 Å². The van der Waals surface area contributed by atoms with Crippen molar-refractivity contribution in [1.29, 1.82) is 0 Å². The van der Waals surface area contributed by atoms with Crippen LogP contribution in [0.4, 0.5) is 0 Å². The summed E-state index contributed by atoms with van der Waals surface area (Å²) in [6, 6.07) is 5.76. The predicted molar refractivity (Wildman–Crippen MR) is 99.3 cm³/mol. The summed E-state index contributed by atoms with van der Waals surface area (Å²) in [6.07, 6.45) is 10.1. The minimum Gasteiger partial charge on any atom is -0.351 e. The number of rotatable bonds is 5. The number of amides is 1. The van der Waals surface area contributed by atoms with Gasteiger partial charge in [-0.05, 0) is 30.9 Å². The smallest absolute Gasteiger partial charge is 0.292 e. The molecule has 1 fully saturated rings. The van der Waals surface area contributed by atoms with Crippen molar-refractivity contribution in [1.82, 2.24) is 24.6 Å². The number of nitrogens with zero attached hydrogens (tertiary/aromatic N) is 5. The molecule has 27 heavy (non-hydrogen) atoms. The minimum atomic E-state index is -0.0700. The van der Waals surface area contributed by atoms with E-state index in [2.05, 4.69) is 25.8 Å². The van der Waals surface area contributed by atoms with E-state index in [4.69, 9.17) is 4.52 Å². The fourth-order valence-corrected chi connectivity index (χ4v) is 3.58. The van der Waals surface area contributed by atoms with Crippen LogP contribution in [0.15, 0.2) is 47.5 Å². The molecule has 1 aliphatic rings. The molecule has 0 N–H and O–H groups in total. The first-order valence-corrected chi connectivity index (χ1v) is 9.39. The molecule has 0 aromatic carbocycles. The molecule has 3 aromatic heterocycles. The number of carbonyl (C=O) groups is 1. The molecule has 3 aromatic rings. The summed E-state index contributed by atoms with van der Waals surface area (Å²) in [5.74, 6) is 1.70. The summed E-state index contributed by atoms with van der Waals surface area (Å²) in [7, 11) is 0. The number of imidazole rings is 1. The number of hydrogen-bond donors (Lipinski definition) is 0. The maximum atomic E-state index is 12.6. The van der Waals surface area contributed by atoms with Crippen molar-refractivity contribution in [2.24, 2.45) is 0 Å². The van der Waals surface area contributed by atoms with E-state index in [-0.39, 0.29) is 5.91 Å². The molecule has 0 spiro atoms. The molecule has 0 aliphatic carbocycles. The second-order valence-corrected chi connectivity index (χ2v) is 6.88. The van der Waals surface area contributed by atoms with Gasteiger partial charge < -0.3 is 14.0 Å². The van der Waals surface area contributed by atoms with Gasteiger partial charge in [0.05, 0.1) is 12.2 Å². The lowest BCUT2D eigenvalue weighted by Gasteiger charge is -2.31. The molecule has 140 valence electrons. The Balaban J connectivity index is 1.40. The van der Waals surface area contributed by atoms with Crippen LogP contribution < -0.4 is 0 Å². The van der Waals surface area contributed by atoms with Crippen LogP contribution in [0.3, 0.4) is 0 Å². The Morgan fingerprint density at radius 1 is 1.30 bits per heavy atom. The molecule has 4 rings (SSSR count). The SMILES string of the molecule is CCc1cc(C(=O)N2CCC(c3nccn3Cc3cccnc3)CC2)on1. The molecule has 0 atom stereocenters. The summed E-state index contributed by atoms with van der Waals surface area (Å²) in [4.78, 5) is 23.2. The second kappa shape index (κ2) is 7.73. The molecule has 0 radical (unpaired) electrons. The van der Waals surface area contributed by atoms with Gasteiger partial charge >= 0.3 is 0 Å². The first-order chi connectivity index (χ1) is 13.2. The van der Waals surface area contributed by atoms with E-state index in [1.165, 1.54) is 0 Å². The van der Waals surface area contributed by atoms with Crippen molar-refractivity contribution in [2.75, 3.05) is 13.1 Å². The van der Waals surface area contributed by atoms with E-state index in [0.29, 0.717) is 24.8 Å². The van der Waals surface area contributed by atoms with Crippen LogP contribution in [-0.4, -0.2) is 43.6 Å². The summed E-state index contributed by atoms with van der Waals surface area (Å²) >= 11 is 0. The maximum absolute atomic E-state index is 12.6. The normalized spacial score (nSPS) is 15.2. The highest BCUT2D eigenvalue weighted by Crippen LogP contribution is 2.28. The third-order valence-corrected chi connectivity index (χ3v) is 5.10. The number of aromatic nitrogens is 4. The van der Waals surface area contributed by atoms with E-state index in [1.807, 2.05) is 36.5 Å². The summed E-state index contributed by atoms with van der Waals surface area (Å²) in [5, 5.41) is 3.92. The van der Waals surface area contributed by atoms with Crippen molar-refractivity contribution >= 4 is 5.91 Å². The Labute approximate surface area is 158 Å². The van der Waals surface area contributed by atoms with Crippen molar-refractivity contribution in [3.63, 3.8) is 0 Å². The van der Waals surface area contributed by atoms with E-state index in [9.17, 15) is 4.79 Å². The molecule has 7 heteroatoms. The first-order valence-electron chi connectivity index (χ1n) is 9.39. The van der Waals surface area contributed by atoms with Gasteiger partial charge in [0.1, 0.15) is 5.82 Å². The lowest BCUT2D eigenvalue weighted by atomic mass is 9.95. The number of hydrogen-bond acceptors (Lipinski definition) is 5. The Morgan fingerprint density at radius 2 is 2.15 bits per heavy atom. The second-order valence-electron chi connectivity index (χ2n) is 6.88. The van der Waals surface area contributed by atoms with Crippen molar-refractivity contribution in [3.05, 3.63) is 65.8 Å². The van der Waals surface area contributed by atoms with Crippen LogP contribution in [0.1, 0.15) is 53.3 Å². The summed E-state index contributed by atoms with van der Waals surface area (Å²) in [6.45, 7) is 4.15. The molecule has 0 saturated carbocycles. The van der Waals surface area contributed by atoms with Crippen molar-refractivity contribution in [2.45, 2.75) is 38.6 Å². The Bertz CT molecular complexity index is 894. The Morgan fingerprint density at radius 3 is 2.85 bits per heavy atom. The van der Waals surface area contributed by atoms with Gasteiger partial charge in [-0.2, -0.15) is 0 Å². The Kier molecular flexibility index (Phi) is 5.00. The van der Waals surface area contributed by atoms with E-state index in [0.717, 1.165) is 42.9 Å². The monoisotopic (exact) mass is 365 g/mol. The number of piperidine rings is 1. The number of carbonyl (C=O) groups excluding carboxylic acids is 1.